The molecule has 0 spiro atoms. The number of carbonyl (C=O) groups is 2. The maximum Gasteiger partial charge on any atom is 0.237 e. The molecule has 0 aliphatic heterocycles. The number of Topliss-reactive ketones (excluding diaryl/α,β-unsaturated/α-hetero) is 1. The summed E-state index contributed by atoms with van der Waals surface area (Å²) in [5.41, 5.74) is 0.0644. The highest BCUT2D eigenvalue weighted by atomic mass is 16.3. The first-order valence-electron chi connectivity index (χ1n) is 5.34. The number of allylic oxidation sites excluding steroid dienone is 1. The smallest absolute Gasteiger partial charge is 0.237 e. The van der Waals surface area contributed by atoms with Crippen molar-refractivity contribution in [3.05, 3.63) is 47.5 Å². The van der Waals surface area contributed by atoms with Crippen LogP contribution in [0.15, 0.2) is 36.4 Å². The molecule has 0 fully saturated rings. The van der Waals surface area contributed by atoms with E-state index in [1.807, 2.05) is 0 Å². The van der Waals surface area contributed by atoms with Gasteiger partial charge in [-0.1, -0.05) is 24.3 Å². The molecule has 0 unspecified atom stereocenters. The number of hydrogen-bond donors (Lipinski definition) is 2. The minimum Gasteiger partial charge on any atom is -0.507 e. The SMILES string of the molecule is O=C1C=C(O)c2cc3ccccc3c(O)c2C1=O. The Hall–Kier alpha value is -2.62. The Morgan fingerprint density at radius 1 is 1.00 bits per heavy atom. The lowest BCUT2D eigenvalue weighted by Gasteiger charge is -2.15. The molecule has 0 saturated carbocycles. The van der Waals surface area contributed by atoms with Crippen molar-refractivity contribution in [2.75, 3.05) is 0 Å². The highest BCUT2D eigenvalue weighted by molar-refractivity contribution is 6.51. The van der Waals surface area contributed by atoms with Crippen molar-refractivity contribution in [2.45, 2.75) is 0 Å². The van der Waals surface area contributed by atoms with Crippen LogP contribution in [0.25, 0.3) is 16.5 Å². The molecule has 1 aliphatic carbocycles. The predicted molar refractivity (Wildman–Crippen MR) is 65.6 cm³/mol. The first-order valence-corrected chi connectivity index (χ1v) is 5.34. The molecule has 0 radical (unpaired) electrons. The van der Waals surface area contributed by atoms with Crippen LogP contribution in [0.3, 0.4) is 0 Å². The van der Waals surface area contributed by atoms with Gasteiger partial charge in [0.15, 0.2) is 0 Å². The first-order chi connectivity index (χ1) is 8.59. The third kappa shape index (κ3) is 1.26. The summed E-state index contributed by atoms with van der Waals surface area (Å²) in [6.07, 6.45) is 0.874. The van der Waals surface area contributed by atoms with Crippen molar-refractivity contribution >= 4 is 28.1 Å². The van der Waals surface area contributed by atoms with Crippen LogP contribution in [0.4, 0.5) is 0 Å². The molecule has 4 nitrogen and oxygen atoms in total. The van der Waals surface area contributed by atoms with Crippen molar-refractivity contribution < 1.29 is 19.8 Å². The Bertz CT molecular complexity index is 741. The zero-order valence-electron chi connectivity index (χ0n) is 9.18. The Labute approximate surface area is 102 Å². The molecule has 2 aromatic rings. The summed E-state index contributed by atoms with van der Waals surface area (Å²) in [5, 5.41) is 21.0. The average molecular weight is 240 g/mol. The summed E-state index contributed by atoms with van der Waals surface area (Å²) >= 11 is 0. The quantitative estimate of drug-likeness (QED) is 0.692. The molecular weight excluding hydrogens is 232 g/mol. The van der Waals surface area contributed by atoms with E-state index in [0.717, 1.165) is 6.08 Å². The molecule has 18 heavy (non-hydrogen) atoms. The van der Waals surface area contributed by atoms with Gasteiger partial charge >= 0.3 is 0 Å². The van der Waals surface area contributed by atoms with E-state index in [-0.39, 0.29) is 22.6 Å². The zero-order valence-corrected chi connectivity index (χ0v) is 9.18. The molecule has 0 bridgehead atoms. The maximum absolute atomic E-state index is 11.8. The highest BCUT2D eigenvalue weighted by Gasteiger charge is 2.29. The molecule has 0 aromatic heterocycles. The van der Waals surface area contributed by atoms with E-state index in [4.69, 9.17) is 0 Å². The Kier molecular flexibility index (Phi) is 2.01. The minimum atomic E-state index is -0.828. The number of carbonyl (C=O) groups excluding carboxylic acids is 2. The number of fused-ring (bicyclic) bond motifs is 2. The topological polar surface area (TPSA) is 74.6 Å². The number of hydrogen-bond acceptors (Lipinski definition) is 4. The highest BCUT2D eigenvalue weighted by Crippen LogP contribution is 2.36. The number of ketones is 2. The van der Waals surface area contributed by atoms with E-state index in [1.165, 1.54) is 0 Å². The van der Waals surface area contributed by atoms with Gasteiger partial charge in [0.1, 0.15) is 11.5 Å². The van der Waals surface area contributed by atoms with Crippen LogP contribution in [0, 0.1) is 0 Å². The van der Waals surface area contributed by atoms with Crippen LogP contribution in [0.1, 0.15) is 15.9 Å². The van der Waals surface area contributed by atoms with Gasteiger partial charge in [-0.3, -0.25) is 9.59 Å². The molecule has 0 amide bonds. The number of rotatable bonds is 0. The van der Waals surface area contributed by atoms with Crippen LogP contribution in [-0.4, -0.2) is 21.8 Å². The van der Waals surface area contributed by atoms with Crippen LogP contribution < -0.4 is 0 Å². The standard InChI is InChI=1S/C14H8O4/c15-10-6-11(16)14(18)12-9(10)5-7-3-1-2-4-8(7)13(12)17/h1-6,15,17H. The lowest BCUT2D eigenvalue weighted by molar-refractivity contribution is -0.111. The van der Waals surface area contributed by atoms with Gasteiger partial charge in [-0.25, -0.2) is 0 Å². The molecule has 0 saturated heterocycles. The van der Waals surface area contributed by atoms with Crippen LogP contribution in [0.5, 0.6) is 5.75 Å². The van der Waals surface area contributed by atoms with Gasteiger partial charge < -0.3 is 10.2 Å². The van der Waals surface area contributed by atoms with Crippen LogP contribution >= 0.6 is 0 Å². The molecule has 2 N–H and O–H groups in total. The van der Waals surface area contributed by atoms with E-state index in [0.29, 0.717) is 10.8 Å². The van der Waals surface area contributed by atoms with Crippen LogP contribution in [0.2, 0.25) is 0 Å². The fraction of sp³-hybridized carbons (Fsp3) is 0. The second-order valence-corrected chi connectivity index (χ2v) is 4.09. The van der Waals surface area contributed by atoms with Gasteiger partial charge in [0.05, 0.1) is 5.56 Å². The van der Waals surface area contributed by atoms with Crippen molar-refractivity contribution in [3.8, 4) is 5.75 Å². The van der Waals surface area contributed by atoms with E-state index in [2.05, 4.69) is 0 Å². The number of phenolic OH excluding ortho intramolecular Hbond substituents is 1. The number of aliphatic hydroxyl groups excluding tert-OH is 1. The molecule has 4 heteroatoms. The zero-order chi connectivity index (χ0) is 12.9. The molecule has 0 atom stereocenters. The third-order valence-corrected chi connectivity index (χ3v) is 3.02. The Morgan fingerprint density at radius 3 is 2.50 bits per heavy atom. The first kappa shape index (κ1) is 10.5. The van der Waals surface area contributed by atoms with Gasteiger partial charge in [-0.2, -0.15) is 0 Å². The summed E-state index contributed by atoms with van der Waals surface area (Å²) in [4.78, 5) is 23.1. The Balaban J connectivity index is 2.48. The van der Waals surface area contributed by atoms with Crippen molar-refractivity contribution in [3.63, 3.8) is 0 Å². The van der Waals surface area contributed by atoms with E-state index >= 15 is 0 Å². The monoisotopic (exact) mass is 240 g/mol. The molecule has 0 heterocycles. The van der Waals surface area contributed by atoms with E-state index in [1.54, 1.807) is 30.3 Å². The van der Waals surface area contributed by atoms with Gasteiger partial charge in [0, 0.05) is 17.0 Å². The van der Waals surface area contributed by atoms with Crippen molar-refractivity contribution in [1.29, 1.82) is 0 Å². The number of aromatic hydroxyl groups is 1. The van der Waals surface area contributed by atoms with E-state index in [9.17, 15) is 19.8 Å². The average Bonchev–Trinajstić information content (AvgIpc) is 2.36. The second-order valence-electron chi connectivity index (χ2n) is 4.09. The van der Waals surface area contributed by atoms with E-state index < -0.39 is 11.6 Å². The van der Waals surface area contributed by atoms with Gasteiger partial charge in [0.2, 0.25) is 11.6 Å². The largest absolute Gasteiger partial charge is 0.507 e. The summed E-state index contributed by atoms with van der Waals surface area (Å²) < 4.78 is 0. The summed E-state index contributed by atoms with van der Waals surface area (Å²) in [6, 6.07) is 8.49. The van der Waals surface area contributed by atoms with Crippen molar-refractivity contribution in [2.24, 2.45) is 0 Å². The summed E-state index contributed by atoms with van der Waals surface area (Å²) in [5.74, 6) is -2.19. The number of phenols is 1. The predicted octanol–water partition coefficient (Wildman–Crippen LogP) is 2.21. The molecule has 2 aromatic carbocycles. The number of benzene rings is 2. The third-order valence-electron chi connectivity index (χ3n) is 3.02. The fourth-order valence-electron chi connectivity index (χ4n) is 2.15. The molecular formula is C14H8O4. The lowest BCUT2D eigenvalue weighted by Crippen LogP contribution is -2.18. The summed E-state index contributed by atoms with van der Waals surface area (Å²) in [7, 11) is 0. The van der Waals surface area contributed by atoms with Gasteiger partial charge in [-0.05, 0) is 11.5 Å². The van der Waals surface area contributed by atoms with Crippen molar-refractivity contribution in [1.82, 2.24) is 0 Å². The minimum absolute atomic E-state index is 0.126. The van der Waals surface area contributed by atoms with Gasteiger partial charge in [0.25, 0.3) is 0 Å². The molecule has 3 rings (SSSR count). The maximum atomic E-state index is 11.8. The second kappa shape index (κ2) is 3.43. The van der Waals surface area contributed by atoms with Crippen LogP contribution in [-0.2, 0) is 4.79 Å². The summed E-state index contributed by atoms with van der Waals surface area (Å²) in [6.45, 7) is 0. The normalized spacial score (nSPS) is 14.6. The molecule has 88 valence electrons. The van der Waals surface area contributed by atoms with Gasteiger partial charge in [-0.15, -0.1) is 0 Å². The number of aliphatic hydroxyl groups is 1. The Morgan fingerprint density at radius 2 is 1.72 bits per heavy atom. The fourth-order valence-corrected chi connectivity index (χ4v) is 2.15. The lowest BCUT2D eigenvalue weighted by atomic mass is 9.90. The molecule has 1 aliphatic rings.